The molecule has 3 aromatic rings. The molecule has 7 heteroatoms. The number of rotatable bonds is 6. The van der Waals surface area contributed by atoms with Crippen molar-refractivity contribution in [3.05, 3.63) is 27.5 Å². The van der Waals surface area contributed by atoms with Crippen molar-refractivity contribution in [1.82, 2.24) is 15.0 Å². The third-order valence-corrected chi connectivity index (χ3v) is 4.68. The van der Waals surface area contributed by atoms with Gasteiger partial charge in [-0.1, -0.05) is 6.92 Å². The molecule has 0 saturated heterocycles. The molecule has 21 heavy (non-hydrogen) atoms. The van der Waals surface area contributed by atoms with Gasteiger partial charge >= 0.3 is 0 Å². The molecule has 3 heterocycles. The fourth-order valence-electron chi connectivity index (χ4n) is 1.96. The van der Waals surface area contributed by atoms with Gasteiger partial charge in [-0.15, -0.1) is 22.7 Å². The molecule has 0 aromatic carbocycles. The fraction of sp³-hybridized carbons (Fsp3) is 0.357. The van der Waals surface area contributed by atoms with Crippen LogP contribution in [0.1, 0.15) is 23.2 Å². The van der Waals surface area contributed by atoms with Crippen LogP contribution in [0.2, 0.25) is 0 Å². The lowest BCUT2D eigenvalue weighted by Crippen LogP contribution is -2.07. The topological polar surface area (TPSA) is 62.7 Å². The number of thiazole rings is 1. The van der Waals surface area contributed by atoms with Crippen molar-refractivity contribution < 1.29 is 0 Å². The molecule has 0 unspecified atom stereocenters. The molecular weight excluding hydrogens is 302 g/mol. The number of nitrogens with zero attached hydrogens (tertiary/aromatic N) is 3. The van der Waals surface area contributed by atoms with Crippen LogP contribution in [0, 0.1) is 6.92 Å². The van der Waals surface area contributed by atoms with E-state index in [4.69, 9.17) is 0 Å². The van der Waals surface area contributed by atoms with Gasteiger partial charge in [-0.3, -0.25) is 0 Å². The van der Waals surface area contributed by atoms with Crippen LogP contribution in [-0.2, 0) is 6.54 Å². The minimum absolute atomic E-state index is 0.690. The van der Waals surface area contributed by atoms with Crippen LogP contribution in [0.5, 0.6) is 0 Å². The molecule has 5 nitrogen and oxygen atoms in total. The van der Waals surface area contributed by atoms with E-state index in [1.54, 1.807) is 22.7 Å². The van der Waals surface area contributed by atoms with E-state index >= 15 is 0 Å². The van der Waals surface area contributed by atoms with Crippen molar-refractivity contribution in [3.63, 3.8) is 0 Å². The Balaban J connectivity index is 1.83. The number of thiophene rings is 1. The number of hydrogen-bond donors (Lipinski definition) is 2. The van der Waals surface area contributed by atoms with Crippen LogP contribution in [-0.4, -0.2) is 21.5 Å². The van der Waals surface area contributed by atoms with Gasteiger partial charge in [0.05, 0.1) is 16.9 Å². The molecular formula is C14H17N5S2. The molecule has 0 fully saturated rings. The Hall–Kier alpha value is -1.73. The van der Waals surface area contributed by atoms with E-state index in [2.05, 4.69) is 38.6 Å². The Labute approximate surface area is 131 Å². The lowest BCUT2D eigenvalue weighted by Gasteiger charge is -2.08. The largest absolute Gasteiger partial charge is 0.364 e. The Kier molecular flexibility index (Phi) is 4.31. The van der Waals surface area contributed by atoms with E-state index in [0.717, 1.165) is 40.6 Å². The summed E-state index contributed by atoms with van der Waals surface area (Å²) in [7, 11) is 0. The van der Waals surface area contributed by atoms with Gasteiger partial charge in [0.2, 0.25) is 5.95 Å². The molecule has 0 radical (unpaired) electrons. The Morgan fingerprint density at radius 1 is 1.24 bits per heavy atom. The van der Waals surface area contributed by atoms with Gasteiger partial charge in [0, 0.05) is 17.6 Å². The molecule has 2 N–H and O–H groups in total. The summed E-state index contributed by atoms with van der Waals surface area (Å²) in [4.78, 5) is 15.6. The first-order chi connectivity index (χ1) is 10.3. The predicted octanol–water partition coefficient (Wildman–Crippen LogP) is 3.89. The first-order valence-electron chi connectivity index (χ1n) is 6.90. The smallest absolute Gasteiger partial charge is 0.226 e. The molecule has 0 aliphatic heterocycles. The first-order valence-corrected chi connectivity index (χ1v) is 8.60. The van der Waals surface area contributed by atoms with Gasteiger partial charge in [0.15, 0.2) is 0 Å². The van der Waals surface area contributed by atoms with Crippen LogP contribution in [0.25, 0.3) is 10.2 Å². The highest BCUT2D eigenvalue weighted by Crippen LogP contribution is 2.27. The Morgan fingerprint density at radius 2 is 2.14 bits per heavy atom. The molecule has 0 saturated carbocycles. The summed E-state index contributed by atoms with van der Waals surface area (Å²) in [6.07, 6.45) is 2.96. The normalized spacial score (nSPS) is 11.0. The number of aromatic nitrogens is 3. The highest BCUT2D eigenvalue weighted by atomic mass is 32.1. The van der Waals surface area contributed by atoms with Gasteiger partial charge < -0.3 is 10.6 Å². The third kappa shape index (κ3) is 3.30. The Morgan fingerprint density at radius 3 is 2.90 bits per heavy atom. The second-order valence-electron chi connectivity index (χ2n) is 4.66. The average Bonchev–Trinajstić information content (AvgIpc) is 3.11. The van der Waals surface area contributed by atoms with Crippen molar-refractivity contribution in [2.75, 3.05) is 17.2 Å². The van der Waals surface area contributed by atoms with Crippen LogP contribution < -0.4 is 10.6 Å². The average molecular weight is 319 g/mol. The summed E-state index contributed by atoms with van der Waals surface area (Å²) in [5.41, 5.74) is 0. The highest BCUT2D eigenvalue weighted by molar-refractivity contribution is 7.16. The maximum atomic E-state index is 4.59. The summed E-state index contributed by atoms with van der Waals surface area (Å²) in [5.74, 6) is 1.57. The fourth-order valence-corrected chi connectivity index (χ4v) is 3.46. The molecule has 0 aliphatic rings. The zero-order chi connectivity index (χ0) is 14.7. The lowest BCUT2D eigenvalue weighted by atomic mass is 10.3. The molecule has 0 atom stereocenters. The Bertz CT molecular complexity index is 734. The van der Waals surface area contributed by atoms with Gasteiger partial charge in [-0.25, -0.2) is 9.97 Å². The van der Waals surface area contributed by atoms with Crippen LogP contribution in [0.4, 0.5) is 11.8 Å². The highest BCUT2D eigenvalue weighted by Gasteiger charge is 2.09. The molecule has 0 aliphatic carbocycles. The summed E-state index contributed by atoms with van der Waals surface area (Å²) < 4.78 is 0. The van der Waals surface area contributed by atoms with Crippen LogP contribution in [0.3, 0.4) is 0 Å². The standard InChI is InChI=1S/C14H17N5S2/c1-3-5-15-14-18-12(11-4-6-20-13(11)19-14)17-8-10-7-16-9(2)21-10/h4,6-7H,3,5,8H2,1-2H3,(H2,15,17,18,19). The molecule has 3 aromatic heterocycles. The summed E-state index contributed by atoms with van der Waals surface area (Å²) >= 11 is 3.34. The first kappa shape index (κ1) is 14.2. The van der Waals surface area contributed by atoms with Gasteiger partial charge in [-0.2, -0.15) is 4.98 Å². The van der Waals surface area contributed by atoms with Gasteiger partial charge in [0.1, 0.15) is 10.6 Å². The van der Waals surface area contributed by atoms with Gasteiger partial charge in [0.25, 0.3) is 0 Å². The van der Waals surface area contributed by atoms with E-state index in [9.17, 15) is 0 Å². The summed E-state index contributed by atoms with van der Waals surface area (Å²) in [5, 5.41) is 10.9. The maximum Gasteiger partial charge on any atom is 0.226 e. The molecule has 0 bridgehead atoms. The van der Waals surface area contributed by atoms with Crippen molar-refractivity contribution >= 4 is 44.7 Å². The number of hydrogen-bond acceptors (Lipinski definition) is 7. The second-order valence-corrected chi connectivity index (χ2v) is 6.88. The van der Waals surface area contributed by atoms with Crippen molar-refractivity contribution in [3.8, 4) is 0 Å². The van der Waals surface area contributed by atoms with E-state index in [-0.39, 0.29) is 0 Å². The number of aryl methyl sites for hydroxylation is 1. The monoisotopic (exact) mass is 319 g/mol. The molecule has 110 valence electrons. The maximum absolute atomic E-state index is 4.59. The van der Waals surface area contributed by atoms with Gasteiger partial charge in [-0.05, 0) is 24.8 Å². The van der Waals surface area contributed by atoms with E-state index < -0.39 is 0 Å². The summed E-state index contributed by atoms with van der Waals surface area (Å²) in [6.45, 7) is 5.76. The van der Waals surface area contributed by atoms with E-state index in [1.807, 2.05) is 18.5 Å². The number of anilines is 2. The third-order valence-electron chi connectivity index (χ3n) is 2.96. The van der Waals surface area contributed by atoms with Crippen molar-refractivity contribution in [2.24, 2.45) is 0 Å². The van der Waals surface area contributed by atoms with Crippen molar-refractivity contribution in [2.45, 2.75) is 26.8 Å². The summed E-state index contributed by atoms with van der Waals surface area (Å²) in [6, 6.07) is 2.06. The zero-order valence-electron chi connectivity index (χ0n) is 12.0. The zero-order valence-corrected chi connectivity index (χ0v) is 13.6. The van der Waals surface area contributed by atoms with Crippen LogP contribution >= 0.6 is 22.7 Å². The number of nitrogens with one attached hydrogen (secondary N) is 2. The van der Waals surface area contributed by atoms with Crippen LogP contribution in [0.15, 0.2) is 17.6 Å². The molecule has 0 spiro atoms. The lowest BCUT2D eigenvalue weighted by molar-refractivity contribution is 0.956. The number of fused-ring (bicyclic) bond motifs is 1. The quantitative estimate of drug-likeness (QED) is 0.721. The molecule has 3 rings (SSSR count). The predicted molar refractivity (Wildman–Crippen MR) is 90.4 cm³/mol. The minimum Gasteiger partial charge on any atom is -0.364 e. The van der Waals surface area contributed by atoms with E-state index in [1.165, 1.54) is 4.88 Å². The SMILES string of the molecule is CCCNc1nc(NCc2cnc(C)s2)c2ccsc2n1. The second kappa shape index (κ2) is 6.36. The molecule has 0 amide bonds. The van der Waals surface area contributed by atoms with Crippen molar-refractivity contribution in [1.29, 1.82) is 0 Å². The van der Waals surface area contributed by atoms with E-state index in [0.29, 0.717) is 5.95 Å². The minimum atomic E-state index is 0.690.